The van der Waals surface area contributed by atoms with Crippen LogP contribution in [0.5, 0.6) is 5.75 Å². The Morgan fingerprint density at radius 2 is 1.96 bits per heavy atom. The Labute approximate surface area is 155 Å². The van der Waals surface area contributed by atoms with Crippen molar-refractivity contribution in [1.82, 2.24) is 9.80 Å². The number of hydrogen-bond donors (Lipinski definition) is 0. The minimum Gasteiger partial charge on any atom is -0.493 e. The summed E-state index contributed by atoms with van der Waals surface area (Å²) < 4.78 is 11.4. The SMILES string of the molecule is CCOc1cc2occ(C)c2cc1/C(C)=C/C(=O)N1CCN(CC)CC1. The number of carbonyl (C=O) groups is 1. The molecule has 1 aromatic carbocycles. The number of carbonyl (C=O) groups excluding carboxylic acids is 1. The van der Waals surface area contributed by atoms with Gasteiger partial charge in [0, 0.05) is 49.3 Å². The van der Waals surface area contributed by atoms with Crippen LogP contribution in [0.2, 0.25) is 0 Å². The summed E-state index contributed by atoms with van der Waals surface area (Å²) in [5, 5.41) is 1.06. The van der Waals surface area contributed by atoms with Crippen LogP contribution in [0.15, 0.2) is 28.9 Å². The Balaban J connectivity index is 1.86. The van der Waals surface area contributed by atoms with E-state index in [0.717, 1.165) is 66.1 Å². The maximum absolute atomic E-state index is 12.7. The molecule has 0 unspecified atom stereocenters. The second-order valence-corrected chi connectivity index (χ2v) is 6.78. The zero-order valence-corrected chi connectivity index (χ0v) is 16.2. The quantitative estimate of drug-likeness (QED) is 0.766. The first-order valence-corrected chi connectivity index (χ1v) is 9.38. The second-order valence-electron chi connectivity index (χ2n) is 6.78. The van der Waals surface area contributed by atoms with Gasteiger partial charge >= 0.3 is 0 Å². The Morgan fingerprint density at radius 1 is 1.23 bits per heavy atom. The van der Waals surface area contributed by atoms with Gasteiger partial charge in [-0.3, -0.25) is 4.79 Å². The Morgan fingerprint density at radius 3 is 2.62 bits per heavy atom. The summed E-state index contributed by atoms with van der Waals surface area (Å²) in [5.41, 5.74) is 3.76. The van der Waals surface area contributed by atoms with Gasteiger partial charge in [-0.2, -0.15) is 0 Å². The van der Waals surface area contributed by atoms with Crippen molar-refractivity contribution < 1.29 is 13.9 Å². The minimum absolute atomic E-state index is 0.0738. The van der Waals surface area contributed by atoms with Crippen molar-refractivity contribution in [2.45, 2.75) is 27.7 Å². The molecule has 3 rings (SSSR count). The highest BCUT2D eigenvalue weighted by Gasteiger charge is 2.20. The molecular formula is C21H28N2O3. The first kappa shape index (κ1) is 18.5. The summed E-state index contributed by atoms with van der Waals surface area (Å²) in [6.45, 7) is 13.2. The predicted molar refractivity (Wildman–Crippen MR) is 104 cm³/mol. The van der Waals surface area contributed by atoms with E-state index >= 15 is 0 Å². The number of ether oxygens (including phenoxy) is 1. The molecule has 0 bridgehead atoms. The van der Waals surface area contributed by atoms with Crippen molar-refractivity contribution in [2.75, 3.05) is 39.3 Å². The van der Waals surface area contributed by atoms with E-state index in [2.05, 4.69) is 17.9 Å². The standard InChI is InChI=1S/C21H28N2O3/c1-5-22-7-9-23(10-8-22)21(24)11-15(3)17-12-18-16(4)14-26-20(18)13-19(17)25-6-2/h11-14H,5-10H2,1-4H3/b15-11+. The molecule has 0 radical (unpaired) electrons. The Kier molecular flexibility index (Phi) is 5.67. The lowest BCUT2D eigenvalue weighted by atomic mass is 10.0. The third kappa shape index (κ3) is 3.78. The highest BCUT2D eigenvalue weighted by molar-refractivity contribution is 5.97. The predicted octanol–water partition coefficient (Wildman–Crippen LogP) is 3.71. The van der Waals surface area contributed by atoms with Crippen LogP contribution in [0.1, 0.15) is 31.9 Å². The number of nitrogens with zero attached hydrogens (tertiary/aromatic N) is 2. The first-order valence-electron chi connectivity index (χ1n) is 9.38. The summed E-state index contributed by atoms with van der Waals surface area (Å²) in [7, 11) is 0. The molecule has 2 heterocycles. The number of rotatable bonds is 5. The third-order valence-electron chi connectivity index (χ3n) is 5.07. The van der Waals surface area contributed by atoms with Crippen LogP contribution in [-0.2, 0) is 4.79 Å². The number of furan rings is 1. The van der Waals surface area contributed by atoms with Gasteiger partial charge < -0.3 is 19.0 Å². The molecule has 26 heavy (non-hydrogen) atoms. The molecule has 1 fully saturated rings. The van der Waals surface area contributed by atoms with Crippen molar-refractivity contribution in [2.24, 2.45) is 0 Å². The van der Waals surface area contributed by atoms with Crippen molar-refractivity contribution in [3.05, 3.63) is 35.6 Å². The van der Waals surface area contributed by atoms with Gasteiger partial charge in [0.2, 0.25) is 5.91 Å². The molecule has 1 aliphatic rings. The Bertz CT molecular complexity index is 814. The fraction of sp³-hybridized carbons (Fsp3) is 0.476. The fourth-order valence-corrected chi connectivity index (χ4v) is 3.40. The zero-order valence-electron chi connectivity index (χ0n) is 16.2. The van der Waals surface area contributed by atoms with E-state index < -0.39 is 0 Å². The van der Waals surface area contributed by atoms with Crippen LogP contribution < -0.4 is 4.74 Å². The highest BCUT2D eigenvalue weighted by atomic mass is 16.5. The van der Waals surface area contributed by atoms with Gasteiger partial charge in [0.1, 0.15) is 11.3 Å². The molecule has 2 aromatic rings. The molecule has 1 saturated heterocycles. The third-order valence-corrected chi connectivity index (χ3v) is 5.07. The van der Waals surface area contributed by atoms with Crippen molar-refractivity contribution in [1.29, 1.82) is 0 Å². The van der Waals surface area contributed by atoms with Gasteiger partial charge in [0.05, 0.1) is 12.9 Å². The van der Waals surface area contributed by atoms with Crippen molar-refractivity contribution in [3.63, 3.8) is 0 Å². The Hall–Kier alpha value is -2.27. The summed E-state index contributed by atoms with van der Waals surface area (Å²) >= 11 is 0. The monoisotopic (exact) mass is 356 g/mol. The lowest BCUT2D eigenvalue weighted by molar-refractivity contribution is -0.127. The first-order chi connectivity index (χ1) is 12.5. The van der Waals surface area contributed by atoms with Crippen LogP contribution in [0.3, 0.4) is 0 Å². The molecule has 1 aliphatic heterocycles. The highest BCUT2D eigenvalue weighted by Crippen LogP contribution is 2.33. The normalized spacial score (nSPS) is 16.3. The van der Waals surface area contributed by atoms with E-state index in [-0.39, 0.29) is 5.91 Å². The molecule has 0 aliphatic carbocycles. The summed E-state index contributed by atoms with van der Waals surface area (Å²) in [6.07, 6.45) is 3.49. The van der Waals surface area contributed by atoms with Gasteiger partial charge in [-0.25, -0.2) is 0 Å². The number of allylic oxidation sites excluding steroid dienone is 1. The van der Waals surface area contributed by atoms with E-state index in [4.69, 9.17) is 9.15 Å². The van der Waals surface area contributed by atoms with Crippen LogP contribution in [0.4, 0.5) is 0 Å². The summed E-state index contributed by atoms with van der Waals surface area (Å²) in [6, 6.07) is 3.98. The van der Waals surface area contributed by atoms with E-state index in [0.29, 0.717) is 6.61 Å². The smallest absolute Gasteiger partial charge is 0.246 e. The molecule has 0 saturated carbocycles. The molecular weight excluding hydrogens is 328 g/mol. The van der Waals surface area contributed by atoms with E-state index in [1.807, 2.05) is 31.7 Å². The van der Waals surface area contributed by atoms with E-state index in [9.17, 15) is 4.79 Å². The number of fused-ring (bicyclic) bond motifs is 1. The van der Waals surface area contributed by atoms with Crippen molar-refractivity contribution >= 4 is 22.4 Å². The lowest BCUT2D eigenvalue weighted by Crippen LogP contribution is -2.48. The number of likely N-dealkylation sites (N-methyl/N-ethyl adjacent to an activating group) is 1. The molecule has 5 nitrogen and oxygen atoms in total. The number of amides is 1. The number of aryl methyl sites for hydroxylation is 1. The van der Waals surface area contributed by atoms with Gasteiger partial charge in [0.15, 0.2) is 0 Å². The summed E-state index contributed by atoms with van der Waals surface area (Å²) in [4.78, 5) is 17.0. The summed E-state index contributed by atoms with van der Waals surface area (Å²) in [5.74, 6) is 0.830. The van der Waals surface area contributed by atoms with Gasteiger partial charge in [-0.1, -0.05) is 6.92 Å². The van der Waals surface area contributed by atoms with Crippen LogP contribution in [0, 0.1) is 6.92 Å². The largest absolute Gasteiger partial charge is 0.493 e. The zero-order chi connectivity index (χ0) is 18.7. The molecule has 0 atom stereocenters. The second kappa shape index (κ2) is 7.96. The molecule has 1 aromatic heterocycles. The van der Waals surface area contributed by atoms with Gasteiger partial charge in [-0.15, -0.1) is 0 Å². The minimum atomic E-state index is 0.0738. The van der Waals surface area contributed by atoms with Crippen LogP contribution >= 0.6 is 0 Å². The van der Waals surface area contributed by atoms with Gasteiger partial charge in [0.25, 0.3) is 0 Å². The fourth-order valence-electron chi connectivity index (χ4n) is 3.40. The topological polar surface area (TPSA) is 45.9 Å². The average Bonchev–Trinajstić information content (AvgIpc) is 3.01. The van der Waals surface area contributed by atoms with Crippen LogP contribution in [-0.4, -0.2) is 55.0 Å². The average molecular weight is 356 g/mol. The molecule has 0 N–H and O–H groups in total. The molecule has 0 spiro atoms. The molecule has 140 valence electrons. The van der Waals surface area contributed by atoms with E-state index in [1.165, 1.54) is 0 Å². The van der Waals surface area contributed by atoms with Crippen LogP contribution in [0.25, 0.3) is 16.5 Å². The lowest BCUT2D eigenvalue weighted by Gasteiger charge is -2.33. The van der Waals surface area contributed by atoms with E-state index in [1.54, 1.807) is 12.3 Å². The van der Waals surface area contributed by atoms with Crippen molar-refractivity contribution in [3.8, 4) is 5.75 Å². The number of piperazine rings is 1. The van der Waals surface area contributed by atoms with Gasteiger partial charge in [-0.05, 0) is 44.5 Å². The number of hydrogen-bond acceptors (Lipinski definition) is 4. The molecule has 5 heteroatoms. The number of benzene rings is 1. The molecule has 1 amide bonds. The maximum atomic E-state index is 12.7. The maximum Gasteiger partial charge on any atom is 0.246 e.